The van der Waals surface area contributed by atoms with Gasteiger partial charge in [0.15, 0.2) is 4.34 Å². The summed E-state index contributed by atoms with van der Waals surface area (Å²) in [6.07, 6.45) is 1.32. The minimum Gasteiger partial charge on any atom is -0.477 e. The van der Waals surface area contributed by atoms with Crippen LogP contribution in [0.4, 0.5) is 0 Å². The van der Waals surface area contributed by atoms with Crippen LogP contribution in [0.5, 0.6) is 0 Å². The Morgan fingerprint density at radius 2 is 2.22 bits per heavy atom. The van der Waals surface area contributed by atoms with Crippen LogP contribution in [0.25, 0.3) is 0 Å². The lowest BCUT2D eigenvalue weighted by Gasteiger charge is -2.15. The van der Waals surface area contributed by atoms with E-state index in [4.69, 9.17) is 5.11 Å². The SMILES string of the molecule is CC(C)(C)n1nnc(Sc2ncc(C(=O)O)s2)n1. The van der Waals surface area contributed by atoms with Crippen LogP contribution in [0, 0.1) is 0 Å². The first-order chi connectivity index (χ1) is 8.36. The van der Waals surface area contributed by atoms with Gasteiger partial charge in [-0.15, -0.1) is 21.5 Å². The molecule has 0 unspecified atom stereocenters. The van der Waals surface area contributed by atoms with Crippen LogP contribution in [0.15, 0.2) is 15.7 Å². The molecule has 2 rings (SSSR count). The number of carboxylic acid groups (broad SMARTS) is 1. The molecule has 96 valence electrons. The second-order valence-electron chi connectivity index (χ2n) is 4.43. The number of carbonyl (C=O) groups is 1. The number of rotatable bonds is 3. The van der Waals surface area contributed by atoms with Gasteiger partial charge < -0.3 is 5.11 Å². The average molecular weight is 285 g/mol. The first-order valence-corrected chi connectivity index (χ1v) is 6.67. The van der Waals surface area contributed by atoms with Crippen molar-refractivity contribution in [1.29, 1.82) is 0 Å². The van der Waals surface area contributed by atoms with E-state index in [0.29, 0.717) is 9.50 Å². The predicted octanol–water partition coefficient (Wildman–Crippen LogP) is 1.73. The van der Waals surface area contributed by atoms with Gasteiger partial charge in [-0.05, 0) is 37.7 Å². The minimum absolute atomic E-state index is 0.195. The van der Waals surface area contributed by atoms with Gasteiger partial charge in [-0.25, -0.2) is 9.78 Å². The number of carboxylic acids is 1. The van der Waals surface area contributed by atoms with E-state index >= 15 is 0 Å². The maximum atomic E-state index is 10.7. The van der Waals surface area contributed by atoms with Crippen LogP contribution >= 0.6 is 23.1 Å². The summed E-state index contributed by atoms with van der Waals surface area (Å²) in [4.78, 5) is 16.4. The van der Waals surface area contributed by atoms with Gasteiger partial charge in [0, 0.05) is 0 Å². The molecule has 0 bridgehead atoms. The molecule has 0 aromatic carbocycles. The van der Waals surface area contributed by atoms with Gasteiger partial charge in [-0.3, -0.25) is 0 Å². The van der Waals surface area contributed by atoms with Gasteiger partial charge in [0.05, 0.1) is 11.7 Å². The first kappa shape index (κ1) is 13.0. The molecule has 7 nitrogen and oxygen atoms in total. The smallest absolute Gasteiger partial charge is 0.347 e. The van der Waals surface area contributed by atoms with Crippen molar-refractivity contribution in [3.8, 4) is 0 Å². The van der Waals surface area contributed by atoms with Crippen LogP contribution in [0.1, 0.15) is 30.4 Å². The van der Waals surface area contributed by atoms with Gasteiger partial charge in [0.25, 0.3) is 0 Å². The van der Waals surface area contributed by atoms with Crippen molar-refractivity contribution in [2.75, 3.05) is 0 Å². The maximum absolute atomic E-state index is 10.7. The third kappa shape index (κ3) is 2.85. The summed E-state index contributed by atoms with van der Waals surface area (Å²) in [5.41, 5.74) is -0.235. The van der Waals surface area contributed by atoms with Crippen LogP contribution in [-0.2, 0) is 5.54 Å². The van der Waals surface area contributed by atoms with Crippen molar-refractivity contribution in [1.82, 2.24) is 25.2 Å². The molecule has 0 amide bonds. The highest BCUT2D eigenvalue weighted by Gasteiger charge is 2.18. The largest absolute Gasteiger partial charge is 0.477 e. The molecule has 0 fully saturated rings. The number of thiazole rings is 1. The normalized spacial score (nSPS) is 11.7. The van der Waals surface area contributed by atoms with Crippen molar-refractivity contribution in [2.45, 2.75) is 35.8 Å². The Kier molecular flexibility index (Phi) is 3.35. The van der Waals surface area contributed by atoms with Gasteiger partial charge in [0.1, 0.15) is 4.88 Å². The molecule has 2 aromatic heterocycles. The van der Waals surface area contributed by atoms with E-state index in [0.717, 1.165) is 11.3 Å². The zero-order chi connectivity index (χ0) is 13.3. The van der Waals surface area contributed by atoms with Gasteiger partial charge >= 0.3 is 5.97 Å². The number of aromatic carboxylic acids is 1. The summed E-state index contributed by atoms with van der Waals surface area (Å²) in [7, 11) is 0. The molecule has 9 heteroatoms. The Morgan fingerprint density at radius 3 is 2.72 bits per heavy atom. The summed E-state index contributed by atoms with van der Waals surface area (Å²) >= 11 is 2.29. The molecule has 0 aliphatic carbocycles. The number of hydrogen-bond donors (Lipinski definition) is 1. The van der Waals surface area contributed by atoms with Gasteiger partial charge in [-0.2, -0.15) is 4.80 Å². The molecule has 0 aliphatic rings. The Hall–Kier alpha value is -1.48. The van der Waals surface area contributed by atoms with Crippen molar-refractivity contribution in [3.63, 3.8) is 0 Å². The van der Waals surface area contributed by atoms with E-state index in [-0.39, 0.29) is 10.4 Å². The van der Waals surface area contributed by atoms with Crippen LogP contribution in [0.3, 0.4) is 0 Å². The average Bonchev–Trinajstić information content (AvgIpc) is 2.85. The zero-order valence-electron chi connectivity index (χ0n) is 9.99. The van der Waals surface area contributed by atoms with E-state index in [9.17, 15) is 4.79 Å². The molecule has 0 radical (unpaired) electrons. The number of tetrazole rings is 1. The molecule has 1 N–H and O–H groups in total. The zero-order valence-corrected chi connectivity index (χ0v) is 11.6. The van der Waals surface area contributed by atoms with Crippen molar-refractivity contribution in [3.05, 3.63) is 11.1 Å². The highest BCUT2D eigenvalue weighted by molar-refractivity contribution is 8.00. The van der Waals surface area contributed by atoms with E-state index in [1.807, 2.05) is 20.8 Å². The molecule has 0 atom stereocenters. The highest BCUT2D eigenvalue weighted by atomic mass is 32.2. The predicted molar refractivity (Wildman–Crippen MR) is 66.0 cm³/mol. The monoisotopic (exact) mass is 285 g/mol. The highest BCUT2D eigenvalue weighted by Crippen LogP contribution is 2.28. The van der Waals surface area contributed by atoms with Crippen molar-refractivity contribution >= 4 is 29.1 Å². The Bertz CT molecular complexity index is 572. The molecule has 2 heterocycles. The lowest BCUT2D eigenvalue weighted by Crippen LogP contribution is -2.24. The second-order valence-corrected chi connectivity index (χ2v) is 6.67. The number of nitrogens with zero attached hydrogens (tertiary/aromatic N) is 5. The Morgan fingerprint density at radius 1 is 1.50 bits per heavy atom. The molecule has 0 saturated carbocycles. The Balaban J connectivity index is 2.14. The van der Waals surface area contributed by atoms with Gasteiger partial charge in [0.2, 0.25) is 5.16 Å². The van der Waals surface area contributed by atoms with Crippen molar-refractivity contribution < 1.29 is 9.90 Å². The molecule has 0 saturated heterocycles. The fourth-order valence-electron chi connectivity index (χ4n) is 1.01. The van der Waals surface area contributed by atoms with E-state index in [1.54, 1.807) is 0 Å². The summed E-state index contributed by atoms with van der Waals surface area (Å²) in [6.45, 7) is 5.90. The summed E-state index contributed by atoms with van der Waals surface area (Å²) in [5, 5.41) is 21.3. The molecule has 0 spiro atoms. The van der Waals surface area contributed by atoms with Crippen molar-refractivity contribution in [2.24, 2.45) is 0 Å². The summed E-state index contributed by atoms with van der Waals surface area (Å²) in [6, 6.07) is 0. The first-order valence-electron chi connectivity index (χ1n) is 5.04. The minimum atomic E-state index is -0.981. The van der Waals surface area contributed by atoms with Crippen LogP contribution in [0.2, 0.25) is 0 Å². The quantitative estimate of drug-likeness (QED) is 0.917. The third-order valence-electron chi connectivity index (χ3n) is 1.87. The van der Waals surface area contributed by atoms with Crippen LogP contribution in [-0.4, -0.2) is 36.3 Å². The molecule has 18 heavy (non-hydrogen) atoms. The van der Waals surface area contributed by atoms with Gasteiger partial charge in [-0.1, -0.05) is 0 Å². The summed E-state index contributed by atoms with van der Waals surface area (Å²) < 4.78 is 0.584. The fourth-order valence-corrected chi connectivity index (χ4v) is 2.61. The number of aromatic nitrogens is 5. The molecular formula is C9H11N5O2S2. The lowest BCUT2D eigenvalue weighted by molar-refractivity contribution is 0.0702. The van der Waals surface area contributed by atoms with E-state index < -0.39 is 5.97 Å². The Labute approximate surface area is 111 Å². The van der Waals surface area contributed by atoms with E-state index in [2.05, 4.69) is 20.4 Å². The molecular weight excluding hydrogens is 274 g/mol. The topological polar surface area (TPSA) is 93.8 Å². The second kappa shape index (κ2) is 4.65. The summed E-state index contributed by atoms with van der Waals surface area (Å²) in [5.74, 6) is -0.981. The fraction of sp³-hybridized carbons (Fsp3) is 0.444. The molecule has 0 aliphatic heterocycles. The lowest BCUT2D eigenvalue weighted by atomic mass is 10.1. The number of hydrogen-bond acceptors (Lipinski definition) is 7. The van der Waals surface area contributed by atoms with Crippen LogP contribution < -0.4 is 0 Å². The van der Waals surface area contributed by atoms with E-state index in [1.165, 1.54) is 22.8 Å². The molecule has 2 aromatic rings. The standard InChI is InChI=1S/C9H11N5O2S2/c1-9(2,3)14-12-7(11-13-14)18-8-10-4-5(17-8)6(15)16/h4H,1-3H3,(H,15,16). The maximum Gasteiger partial charge on any atom is 0.347 e. The third-order valence-corrected chi connectivity index (χ3v) is 3.77.